The van der Waals surface area contributed by atoms with Crippen LogP contribution in [0, 0.1) is 5.92 Å². The fraction of sp³-hybridized carbons (Fsp3) is 0.917. The predicted molar refractivity (Wildman–Crippen MR) is 80.7 cm³/mol. The summed E-state index contributed by atoms with van der Waals surface area (Å²) in [6, 6.07) is 0. The first-order valence-electron chi connectivity index (χ1n) is 6.36. The second kappa shape index (κ2) is 6.22. The number of nitrogens with zero attached hydrogens (tertiary/aromatic N) is 2. The van der Waals surface area contributed by atoms with Crippen LogP contribution in [-0.4, -0.2) is 41.2 Å². The lowest BCUT2D eigenvalue weighted by Gasteiger charge is -2.36. The number of aliphatic hydroxyl groups is 1. The van der Waals surface area contributed by atoms with Crippen molar-refractivity contribution in [3.8, 4) is 0 Å². The van der Waals surface area contributed by atoms with Gasteiger partial charge < -0.3 is 15.7 Å². The molecule has 0 aromatic heterocycles. The van der Waals surface area contributed by atoms with Gasteiger partial charge >= 0.3 is 0 Å². The molecule has 17 heavy (non-hydrogen) atoms. The molecule has 3 N–H and O–H groups in total. The first-order chi connectivity index (χ1) is 7.59. The summed E-state index contributed by atoms with van der Waals surface area (Å²) in [5.41, 5.74) is 5.40. The van der Waals surface area contributed by atoms with E-state index in [0.717, 1.165) is 38.3 Å². The zero-order valence-corrected chi connectivity index (χ0v) is 12.9. The molecule has 1 aliphatic carbocycles. The second-order valence-corrected chi connectivity index (χ2v) is 5.42. The molecule has 0 aromatic carbocycles. The zero-order chi connectivity index (χ0) is 11.6. The quantitative estimate of drug-likeness (QED) is 0.450. The fourth-order valence-corrected chi connectivity index (χ4v) is 2.31. The van der Waals surface area contributed by atoms with Crippen LogP contribution in [0.3, 0.4) is 0 Å². The lowest BCUT2D eigenvalue weighted by molar-refractivity contribution is -0.0237. The minimum Gasteiger partial charge on any atom is -0.388 e. The third-order valence-corrected chi connectivity index (χ3v) is 3.93. The highest BCUT2D eigenvalue weighted by atomic mass is 127. The Balaban J connectivity index is 0.00000144. The Labute approximate surface area is 121 Å². The third-order valence-electron chi connectivity index (χ3n) is 3.93. The molecule has 1 saturated heterocycles. The Morgan fingerprint density at radius 1 is 1.41 bits per heavy atom. The summed E-state index contributed by atoms with van der Waals surface area (Å²) in [6.07, 6.45) is 5.26. The summed E-state index contributed by atoms with van der Waals surface area (Å²) < 4.78 is 0. The van der Waals surface area contributed by atoms with Crippen molar-refractivity contribution in [2.45, 2.75) is 44.6 Å². The fourth-order valence-electron chi connectivity index (χ4n) is 2.31. The van der Waals surface area contributed by atoms with Gasteiger partial charge in [0.15, 0.2) is 5.96 Å². The normalized spacial score (nSPS) is 25.1. The molecular weight excluding hydrogens is 329 g/mol. The molecule has 2 fully saturated rings. The van der Waals surface area contributed by atoms with Gasteiger partial charge in [-0.1, -0.05) is 6.92 Å². The highest BCUT2D eigenvalue weighted by Crippen LogP contribution is 2.31. The van der Waals surface area contributed by atoms with Crippen molar-refractivity contribution in [3.63, 3.8) is 0 Å². The van der Waals surface area contributed by atoms with Crippen molar-refractivity contribution in [2.75, 3.05) is 19.6 Å². The molecule has 0 aromatic rings. The molecule has 2 rings (SSSR count). The molecule has 1 aliphatic heterocycles. The van der Waals surface area contributed by atoms with Gasteiger partial charge in [0.2, 0.25) is 0 Å². The largest absolute Gasteiger partial charge is 0.388 e. The van der Waals surface area contributed by atoms with Crippen LogP contribution in [0.4, 0.5) is 0 Å². The van der Waals surface area contributed by atoms with Gasteiger partial charge in [-0.2, -0.15) is 0 Å². The standard InChI is InChI=1S/C12H23N3O.HI/c1-10-3-7-15(8-4-10)11(13)14-9-12(16)5-2-6-12;/h10,16H,2-9H2,1H3,(H2,13,14);1H. The summed E-state index contributed by atoms with van der Waals surface area (Å²) in [5, 5.41) is 9.92. The maximum absolute atomic E-state index is 9.92. The smallest absolute Gasteiger partial charge is 0.191 e. The number of nitrogens with two attached hydrogens (primary N) is 1. The molecule has 0 spiro atoms. The van der Waals surface area contributed by atoms with Crippen LogP contribution in [0.25, 0.3) is 0 Å². The molecule has 1 heterocycles. The van der Waals surface area contributed by atoms with E-state index in [0.29, 0.717) is 12.5 Å². The molecule has 0 amide bonds. The molecule has 0 radical (unpaired) electrons. The number of hydrogen-bond acceptors (Lipinski definition) is 2. The molecule has 5 heteroatoms. The summed E-state index contributed by atoms with van der Waals surface area (Å²) in [6.45, 7) is 4.77. The van der Waals surface area contributed by atoms with Crippen molar-refractivity contribution in [1.29, 1.82) is 0 Å². The van der Waals surface area contributed by atoms with Crippen molar-refractivity contribution < 1.29 is 5.11 Å². The molecular formula is C12H24IN3O. The van der Waals surface area contributed by atoms with E-state index in [1.807, 2.05) is 0 Å². The Morgan fingerprint density at radius 2 is 2.00 bits per heavy atom. The predicted octanol–water partition coefficient (Wildman–Crippen LogP) is 1.57. The SMILES string of the molecule is CC1CCN(C(N)=NCC2(O)CCC2)CC1.I. The Bertz CT molecular complexity index is 271. The average Bonchev–Trinajstić information content (AvgIpc) is 2.24. The van der Waals surface area contributed by atoms with Crippen LogP contribution in [0.1, 0.15) is 39.0 Å². The minimum absolute atomic E-state index is 0. The summed E-state index contributed by atoms with van der Waals surface area (Å²) in [5.74, 6) is 1.42. The number of rotatable bonds is 2. The van der Waals surface area contributed by atoms with E-state index in [-0.39, 0.29) is 24.0 Å². The number of guanidine groups is 1. The molecule has 0 unspecified atom stereocenters. The van der Waals surface area contributed by atoms with Crippen molar-refractivity contribution >= 4 is 29.9 Å². The molecule has 2 aliphatic rings. The molecule has 0 bridgehead atoms. The van der Waals surface area contributed by atoms with Crippen LogP contribution in [-0.2, 0) is 0 Å². The van der Waals surface area contributed by atoms with Gasteiger partial charge in [0.1, 0.15) is 0 Å². The summed E-state index contributed by atoms with van der Waals surface area (Å²) >= 11 is 0. The Kier molecular flexibility index (Phi) is 5.50. The average molecular weight is 353 g/mol. The van der Waals surface area contributed by atoms with Crippen LogP contribution in [0.2, 0.25) is 0 Å². The number of piperidine rings is 1. The number of aliphatic imine (C=N–C) groups is 1. The maximum Gasteiger partial charge on any atom is 0.191 e. The van der Waals surface area contributed by atoms with Crippen LogP contribution >= 0.6 is 24.0 Å². The number of halogens is 1. The van der Waals surface area contributed by atoms with Crippen molar-refractivity contribution in [2.24, 2.45) is 16.6 Å². The molecule has 100 valence electrons. The van der Waals surface area contributed by atoms with E-state index in [1.54, 1.807) is 0 Å². The van der Waals surface area contributed by atoms with Gasteiger partial charge in [-0.05, 0) is 38.0 Å². The highest BCUT2D eigenvalue weighted by Gasteiger charge is 2.34. The van der Waals surface area contributed by atoms with E-state index >= 15 is 0 Å². The van der Waals surface area contributed by atoms with Gasteiger partial charge in [0, 0.05) is 13.1 Å². The number of likely N-dealkylation sites (tertiary alicyclic amines) is 1. The van der Waals surface area contributed by atoms with Gasteiger partial charge in [0.25, 0.3) is 0 Å². The van der Waals surface area contributed by atoms with Crippen molar-refractivity contribution in [3.05, 3.63) is 0 Å². The first kappa shape index (κ1) is 15.0. The number of hydrogen-bond donors (Lipinski definition) is 2. The van der Waals surface area contributed by atoms with E-state index in [1.165, 1.54) is 12.8 Å². The zero-order valence-electron chi connectivity index (χ0n) is 10.6. The Hall–Kier alpha value is -0.0400. The van der Waals surface area contributed by atoms with Gasteiger partial charge in [0.05, 0.1) is 12.1 Å². The topological polar surface area (TPSA) is 61.8 Å². The van der Waals surface area contributed by atoms with Crippen LogP contribution < -0.4 is 5.73 Å². The van der Waals surface area contributed by atoms with Crippen LogP contribution in [0.15, 0.2) is 4.99 Å². The lowest BCUT2D eigenvalue weighted by Crippen LogP contribution is -2.45. The van der Waals surface area contributed by atoms with Gasteiger partial charge in [-0.15, -0.1) is 24.0 Å². The monoisotopic (exact) mass is 353 g/mol. The van der Waals surface area contributed by atoms with Gasteiger partial charge in [-0.25, -0.2) is 0 Å². The first-order valence-corrected chi connectivity index (χ1v) is 6.36. The highest BCUT2D eigenvalue weighted by molar-refractivity contribution is 14.0. The third kappa shape index (κ3) is 3.98. The second-order valence-electron chi connectivity index (χ2n) is 5.42. The van der Waals surface area contributed by atoms with Crippen LogP contribution in [0.5, 0.6) is 0 Å². The summed E-state index contributed by atoms with van der Waals surface area (Å²) in [4.78, 5) is 6.48. The molecule has 4 nitrogen and oxygen atoms in total. The molecule has 0 atom stereocenters. The van der Waals surface area contributed by atoms with Crippen molar-refractivity contribution in [1.82, 2.24) is 4.90 Å². The summed E-state index contributed by atoms with van der Waals surface area (Å²) in [7, 11) is 0. The molecule has 1 saturated carbocycles. The van der Waals surface area contributed by atoms with Gasteiger partial charge in [-0.3, -0.25) is 4.99 Å². The lowest BCUT2D eigenvalue weighted by atomic mass is 9.80. The minimum atomic E-state index is -0.548. The Morgan fingerprint density at radius 3 is 2.47 bits per heavy atom. The van der Waals surface area contributed by atoms with E-state index in [9.17, 15) is 5.11 Å². The maximum atomic E-state index is 9.92. The van der Waals surface area contributed by atoms with E-state index in [4.69, 9.17) is 5.73 Å². The van der Waals surface area contributed by atoms with E-state index in [2.05, 4.69) is 16.8 Å². The van der Waals surface area contributed by atoms with E-state index < -0.39 is 5.60 Å².